The van der Waals surface area contributed by atoms with Crippen LogP contribution in [0.15, 0.2) is 42.5 Å². The molecule has 0 saturated carbocycles. The Morgan fingerprint density at radius 2 is 2.00 bits per heavy atom. The number of nitrogens with zero attached hydrogens (tertiary/aromatic N) is 4. The van der Waals surface area contributed by atoms with Gasteiger partial charge >= 0.3 is 0 Å². The van der Waals surface area contributed by atoms with E-state index in [9.17, 15) is 4.39 Å². The Balaban J connectivity index is 2.15. The van der Waals surface area contributed by atoms with Gasteiger partial charge in [0.1, 0.15) is 5.82 Å². The molecule has 0 amide bonds. The lowest BCUT2D eigenvalue weighted by atomic mass is 10.2. The first-order chi connectivity index (χ1) is 9.63. The maximum absolute atomic E-state index is 13.4. The molecule has 5 nitrogen and oxygen atoms in total. The van der Waals surface area contributed by atoms with Crippen LogP contribution in [0.4, 0.5) is 10.1 Å². The highest BCUT2D eigenvalue weighted by molar-refractivity contribution is 6.30. The molecule has 0 bridgehead atoms. The van der Waals surface area contributed by atoms with Crippen molar-refractivity contribution in [1.29, 1.82) is 0 Å². The quantitative estimate of drug-likeness (QED) is 0.736. The third kappa shape index (κ3) is 2.33. The predicted molar refractivity (Wildman–Crippen MR) is 74.0 cm³/mol. The number of hydrogen-bond donors (Lipinski definition) is 1. The molecule has 0 aliphatic heterocycles. The average molecular weight is 290 g/mol. The van der Waals surface area contributed by atoms with Crippen LogP contribution in [0.25, 0.3) is 17.1 Å². The number of rotatable bonds is 2. The van der Waals surface area contributed by atoms with Crippen LogP contribution in [0.3, 0.4) is 0 Å². The second-order valence-electron chi connectivity index (χ2n) is 4.17. The summed E-state index contributed by atoms with van der Waals surface area (Å²) in [6.45, 7) is 0. The van der Waals surface area contributed by atoms with Gasteiger partial charge in [-0.3, -0.25) is 0 Å². The van der Waals surface area contributed by atoms with Crippen molar-refractivity contribution in [2.75, 3.05) is 5.73 Å². The molecule has 7 heteroatoms. The van der Waals surface area contributed by atoms with Crippen LogP contribution >= 0.6 is 11.6 Å². The summed E-state index contributed by atoms with van der Waals surface area (Å²) in [5.74, 6) is 0.000456. The van der Waals surface area contributed by atoms with Crippen LogP contribution in [-0.2, 0) is 0 Å². The molecule has 0 aliphatic carbocycles. The highest BCUT2D eigenvalue weighted by Crippen LogP contribution is 2.23. The van der Waals surface area contributed by atoms with Gasteiger partial charge in [0, 0.05) is 16.3 Å². The topological polar surface area (TPSA) is 69.6 Å². The number of nitrogen functional groups attached to an aromatic ring is 1. The molecule has 0 atom stereocenters. The predicted octanol–water partition coefficient (Wildman–Crippen LogP) is 2.70. The highest BCUT2D eigenvalue weighted by atomic mass is 35.5. The molecule has 2 aromatic carbocycles. The lowest BCUT2D eigenvalue weighted by Crippen LogP contribution is -2.01. The van der Waals surface area contributed by atoms with Crippen molar-refractivity contribution in [2.24, 2.45) is 0 Å². The van der Waals surface area contributed by atoms with E-state index in [1.165, 1.54) is 16.8 Å². The molecule has 1 heterocycles. The first kappa shape index (κ1) is 12.6. The van der Waals surface area contributed by atoms with Gasteiger partial charge in [-0.2, -0.15) is 4.68 Å². The minimum Gasteiger partial charge on any atom is -0.399 e. The van der Waals surface area contributed by atoms with Gasteiger partial charge in [0.2, 0.25) is 0 Å². The number of aromatic nitrogens is 4. The first-order valence-corrected chi connectivity index (χ1v) is 6.12. The summed E-state index contributed by atoms with van der Waals surface area (Å²) in [4.78, 5) is 0. The smallest absolute Gasteiger partial charge is 0.187 e. The molecule has 3 aromatic rings. The van der Waals surface area contributed by atoms with Gasteiger partial charge in [-0.25, -0.2) is 4.39 Å². The second kappa shape index (κ2) is 4.90. The van der Waals surface area contributed by atoms with Crippen molar-refractivity contribution in [1.82, 2.24) is 20.2 Å². The van der Waals surface area contributed by atoms with Crippen LogP contribution in [0.2, 0.25) is 5.02 Å². The van der Waals surface area contributed by atoms with E-state index in [1.807, 2.05) is 6.07 Å². The van der Waals surface area contributed by atoms with Gasteiger partial charge < -0.3 is 5.73 Å². The zero-order valence-electron chi connectivity index (χ0n) is 10.2. The SMILES string of the molecule is Nc1cccc(-c2nnnn2-c2cc(F)cc(Cl)c2)c1. The number of halogens is 2. The van der Waals surface area contributed by atoms with E-state index in [0.717, 1.165) is 5.56 Å². The van der Waals surface area contributed by atoms with Gasteiger partial charge in [-0.1, -0.05) is 23.7 Å². The van der Waals surface area contributed by atoms with Crippen molar-refractivity contribution in [3.8, 4) is 17.1 Å². The molecular weight excluding hydrogens is 281 g/mol. The van der Waals surface area contributed by atoms with Gasteiger partial charge in [-0.15, -0.1) is 5.10 Å². The van der Waals surface area contributed by atoms with E-state index in [1.54, 1.807) is 24.3 Å². The number of hydrogen-bond acceptors (Lipinski definition) is 4. The summed E-state index contributed by atoms with van der Waals surface area (Å²) in [5, 5.41) is 11.7. The molecule has 0 aliphatic rings. The largest absolute Gasteiger partial charge is 0.399 e. The Morgan fingerprint density at radius 1 is 1.15 bits per heavy atom. The van der Waals surface area contributed by atoms with Crippen molar-refractivity contribution in [3.63, 3.8) is 0 Å². The van der Waals surface area contributed by atoms with E-state index in [2.05, 4.69) is 15.5 Å². The summed E-state index contributed by atoms with van der Waals surface area (Å²) < 4.78 is 14.8. The minimum atomic E-state index is -0.457. The van der Waals surface area contributed by atoms with Crippen molar-refractivity contribution < 1.29 is 4.39 Å². The molecule has 100 valence electrons. The molecular formula is C13H9ClFN5. The lowest BCUT2D eigenvalue weighted by Gasteiger charge is -2.06. The van der Waals surface area contributed by atoms with Gasteiger partial charge in [0.25, 0.3) is 0 Å². The van der Waals surface area contributed by atoms with E-state index >= 15 is 0 Å². The standard InChI is InChI=1S/C13H9ClFN5/c14-9-5-10(15)7-12(6-9)20-13(17-18-19-20)8-2-1-3-11(16)4-8/h1-7H,16H2. The third-order valence-electron chi connectivity index (χ3n) is 2.71. The first-order valence-electron chi connectivity index (χ1n) is 5.74. The molecule has 1 aromatic heterocycles. The zero-order valence-corrected chi connectivity index (χ0v) is 10.9. The van der Waals surface area contributed by atoms with E-state index < -0.39 is 5.82 Å². The molecule has 3 rings (SSSR count). The monoisotopic (exact) mass is 289 g/mol. The summed E-state index contributed by atoms with van der Waals surface area (Å²) in [5.41, 5.74) is 7.51. The van der Waals surface area contributed by atoms with E-state index in [4.69, 9.17) is 17.3 Å². The van der Waals surface area contributed by atoms with Gasteiger partial charge in [-0.05, 0) is 40.8 Å². The number of tetrazole rings is 1. The maximum atomic E-state index is 13.4. The lowest BCUT2D eigenvalue weighted by molar-refractivity contribution is 0.625. The fourth-order valence-corrected chi connectivity index (χ4v) is 2.10. The Labute approximate surface area is 118 Å². The number of anilines is 1. The Hall–Kier alpha value is -2.47. The molecule has 0 saturated heterocycles. The number of nitrogens with two attached hydrogens (primary N) is 1. The fourth-order valence-electron chi connectivity index (χ4n) is 1.88. The van der Waals surface area contributed by atoms with Crippen LogP contribution in [0.1, 0.15) is 0 Å². The van der Waals surface area contributed by atoms with Crippen LogP contribution < -0.4 is 5.73 Å². The van der Waals surface area contributed by atoms with Crippen molar-refractivity contribution in [3.05, 3.63) is 53.3 Å². The van der Waals surface area contributed by atoms with Gasteiger partial charge in [0.05, 0.1) is 5.69 Å². The summed E-state index contributed by atoms with van der Waals surface area (Å²) in [6.07, 6.45) is 0. The summed E-state index contributed by atoms with van der Waals surface area (Å²) in [6, 6.07) is 11.2. The summed E-state index contributed by atoms with van der Waals surface area (Å²) >= 11 is 5.85. The number of benzene rings is 2. The normalized spacial score (nSPS) is 10.7. The third-order valence-corrected chi connectivity index (χ3v) is 2.92. The Bertz CT molecular complexity index is 751. The molecule has 20 heavy (non-hydrogen) atoms. The molecule has 0 radical (unpaired) electrons. The maximum Gasteiger partial charge on any atom is 0.187 e. The average Bonchev–Trinajstić information content (AvgIpc) is 2.86. The van der Waals surface area contributed by atoms with Crippen LogP contribution in [-0.4, -0.2) is 20.2 Å². The molecule has 0 spiro atoms. The highest BCUT2D eigenvalue weighted by Gasteiger charge is 2.12. The van der Waals surface area contributed by atoms with Crippen LogP contribution in [0.5, 0.6) is 0 Å². The summed E-state index contributed by atoms with van der Waals surface area (Å²) in [7, 11) is 0. The van der Waals surface area contributed by atoms with Crippen LogP contribution in [0, 0.1) is 5.82 Å². The Kier molecular flexibility index (Phi) is 3.08. The fraction of sp³-hybridized carbons (Fsp3) is 0. The van der Waals surface area contributed by atoms with Crippen molar-refractivity contribution >= 4 is 17.3 Å². The minimum absolute atomic E-state index is 0.272. The molecule has 0 fully saturated rings. The van der Waals surface area contributed by atoms with E-state index in [0.29, 0.717) is 17.2 Å². The molecule has 0 unspecified atom stereocenters. The molecule has 2 N–H and O–H groups in total. The zero-order chi connectivity index (χ0) is 14.1. The Morgan fingerprint density at radius 3 is 2.75 bits per heavy atom. The van der Waals surface area contributed by atoms with E-state index in [-0.39, 0.29) is 5.02 Å². The second-order valence-corrected chi connectivity index (χ2v) is 4.60. The van der Waals surface area contributed by atoms with Gasteiger partial charge in [0.15, 0.2) is 5.82 Å². The van der Waals surface area contributed by atoms with Crippen molar-refractivity contribution in [2.45, 2.75) is 0 Å².